The molecular weight excluding hydrogens is 433 g/mol. The van der Waals surface area contributed by atoms with Gasteiger partial charge in [-0.25, -0.2) is 9.37 Å². The van der Waals surface area contributed by atoms with Crippen molar-refractivity contribution < 1.29 is 18.8 Å². The topological polar surface area (TPSA) is 88.4 Å². The van der Waals surface area contributed by atoms with Crippen LogP contribution in [0.3, 0.4) is 0 Å². The SMILES string of the molecule is O=C1c2ccccc2C(=O)N1CC(=O)N(CCn1cccn1)c1nc2ccc(F)cc2s1. The summed E-state index contributed by atoms with van der Waals surface area (Å²) in [5, 5.41) is 4.50. The van der Waals surface area contributed by atoms with Crippen molar-refractivity contribution >= 4 is 44.4 Å². The Morgan fingerprint density at radius 1 is 1.06 bits per heavy atom. The molecule has 0 atom stereocenters. The fraction of sp³-hybridized carbons (Fsp3) is 0.136. The lowest BCUT2D eigenvalue weighted by atomic mass is 10.1. The number of carbonyl (C=O) groups is 3. The molecule has 1 aliphatic rings. The van der Waals surface area contributed by atoms with Crippen LogP contribution < -0.4 is 4.90 Å². The number of rotatable bonds is 6. The summed E-state index contributed by atoms with van der Waals surface area (Å²) < 4.78 is 15.9. The van der Waals surface area contributed by atoms with Crippen LogP contribution in [-0.4, -0.2) is 50.5 Å². The van der Waals surface area contributed by atoms with Crippen molar-refractivity contribution in [2.24, 2.45) is 0 Å². The molecule has 3 heterocycles. The zero-order chi connectivity index (χ0) is 22.2. The van der Waals surface area contributed by atoms with E-state index in [0.717, 1.165) is 4.90 Å². The first-order valence-electron chi connectivity index (χ1n) is 9.80. The molecule has 3 amide bonds. The number of fused-ring (bicyclic) bond motifs is 2. The van der Waals surface area contributed by atoms with Crippen LogP contribution in [0.4, 0.5) is 9.52 Å². The summed E-state index contributed by atoms with van der Waals surface area (Å²) in [6.45, 7) is 0.173. The number of amides is 3. The molecule has 0 fully saturated rings. The molecule has 4 aromatic rings. The van der Waals surface area contributed by atoms with E-state index in [9.17, 15) is 18.8 Å². The lowest BCUT2D eigenvalue weighted by Crippen LogP contribution is -2.44. The second-order valence-electron chi connectivity index (χ2n) is 7.17. The molecule has 1 aliphatic heterocycles. The van der Waals surface area contributed by atoms with Crippen LogP contribution in [0.5, 0.6) is 0 Å². The summed E-state index contributed by atoms with van der Waals surface area (Å²) in [4.78, 5) is 45.5. The Balaban J connectivity index is 1.43. The number of benzene rings is 2. The van der Waals surface area contributed by atoms with E-state index in [2.05, 4.69) is 10.1 Å². The molecule has 0 bridgehead atoms. The minimum Gasteiger partial charge on any atom is -0.285 e. The smallest absolute Gasteiger partial charge is 0.262 e. The van der Waals surface area contributed by atoms with E-state index >= 15 is 0 Å². The molecule has 0 unspecified atom stereocenters. The fourth-order valence-electron chi connectivity index (χ4n) is 3.57. The van der Waals surface area contributed by atoms with Crippen molar-refractivity contribution in [3.8, 4) is 0 Å². The van der Waals surface area contributed by atoms with Gasteiger partial charge in [0, 0.05) is 18.9 Å². The van der Waals surface area contributed by atoms with Gasteiger partial charge in [0.1, 0.15) is 12.4 Å². The van der Waals surface area contributed by atoms with Crippen LogP contribution in [0.25, 0.3) is 10.2 Å². The largest absolute Gasteiger partial charge is 0.285 e. The molecule has 8 nitrogen and oxygen atoms in total. The van der Waals surface area contributed by atoms with Gasteiger partial charge in [-0.05, 0) is 36.4 Å². The number of carbonyl (C=O) groups excluding carboxylic acids is 3. The Kier molecular flexibility index (Phi) is 4.98. The number of anilines is 1. The van der Waals surface area contributed by atoms with Crippen molar-refractivity contribution in [1.82, 2.24) is 19.7 Å². The van der Waals surface area contributed by atoms with Gasteiger partial charge in [-0.1, -0.05) is 23.5 Å². The number of halogens is 1. The predicted molar refractivity (Wildman–Crippen MR) is 116 cm³/mol. The molecule has 0 saturated carbocycles. The number of hydrogen-bond acceptors (Lipinski definition) is 6. The molecule has 0 aliphatic carbocycles. The molecule has 5 rings (SSSR count). The van der Waals surface area contributed by atoms with E-state index in [1.807, 2.05) is 0 Å². The Morgan fingerprint density at radius 3 is 2.50 bits per heavy atom. The van der Waals surface area contributed by atoms with Gasteiger partial charge in [0.15, 0.2) is 5.13 Å². The third-order valence-corrected chi connectivity index (χ3v) is 6.20. The van der Waals surface area contributed by atoms with Crippen molar-refractivity contribution in [2.75, 3.05) is 18.0 Å². The summed E-state index contributed by atoms with van der Waals surface area (Å²) >= 11 is 1.17. The second kappa shape index (κ2) is 7.97. The monoisotopic (exact) mass is 449 g/mol. The first-order valence-corrected chi connectivity index (χ1v) is 10.6. The van der Waals surface area contributed by atoms with E-state index in [-0.39, 0.29) is 17.7 Å². The first-order chi connectivity index (χ1) is 15.5. The normalized spacial score (nSPS) is 13.1. The van der Waals surface area contributed by atoms with Gasteiger partial charge in [-0.2, -0.15) is 5.10 Å². The van der Waals surface area contributed by atoms with Crippen molar-refractivity contribution in [3.05, 3.63) is 77.9 Å². The summed E-state index contributed by atoms with van der Waals surface area (Å²) in [5.74, 6) is -1.87. The van der Waals surface area contributed by atoms with Crippen LogP contribution in [-0.2, 0) is 11.3 Å². The molecule has 0 radical (unpaired) electrons. The Morgan fingerprint density at radius 2 is 1.81 bits per heavy atom. The third kappa shape index (κ3) is 3.54. The number of nitrogens with zero attached hydrogens (tertiary/aromatic N) is 5. The molecular formula is C22H16FN5O3S. The quantitative estimate of drug-likeness (QED) is 0.423. The minimum atomic E-state index is -0.502. The van der Waals surface area contributed by atoms with Crippen LogP contribution in [0, 0.1) is 5.82 Å². The van der Waals surface area contributed by atoms with Gasteiger partial charge in [0.25, 0.3) is 11.8 Å². The van der Waals surface area contributed by atoms with E-state index in [1.54, 1.807) is 53.5 Å². The van der Waals surface area contributed by atoms with Gasteiger partial charge < -0.3 is 0 Å². The van der Waals surface area contributed by atoms with E-state index in [0.29, 0.717) is 21.9 Å². The van der Waals surface area contributed by atoms with E-state index < -0.39 is 30.1 Å². The first kappa shape index (κ1) is 20.0. The van der Waals surface area contributed by atoms with Crippen molar-refractivity contribution in [3.63, 3.8) is 0 Å². The number of thiazole rings is 1. The maximum atomic E-state index is 13.6. The number of imide groups is 1. The fourth-order valence-corrected chi connectivity index (χ4v) is 4.60. The predicted octanol–water partition coefficient (Wildman–Crippen LogP) is 2.96. The van der Waals surface area contributed by atoms with Crippen LogP contribution in [0.2, 0.25) is 0 Å². The highest BCUT2D eigenvalue weighted by Crippen LogP contribution is 2.30. The maximum Gasteiger partial charge on any atom is 0.262 e. The van der Waals surface area contributed by atoms with E-state index in [1.165, 1.54) is 28.4 Å². The maximum absolute atomic E-state index is 13.6. The van der Waals surface area contributed by atoms with Gasteiger partial charge in [-0.3, -0.25) is 28.9 Å². The lowest BCUT2D eigenvalue weighted by Gasteiger charge is -2.22. The Labute approximate surface area is 185 Å². The summed E-state index contributed by atoms with van der Waals surface area (Å²) in [6.07, 6.45) is 3.39. The summed E-state index contributed by atoms with van der Waals surface area (Å²) in [6, 6.07) is 12.5. The van der Waals surface area contributed by atoms with Crippen LogP contribution in [0.1, 0.15) is 20.7 Å². The standard InChI is InChI=1S/C22H16FN5O3S/c23-14-6-7-17-18(12-14)32-22(25-17)27(11-10-26-9-3-8-24-26)19(29)13-28-20(30)15-4-1-2-5-16(15)21(28)31/h1-9,12H,10-11,13H2. The molecule has 32 heavy (non-hydrogen) atoms. The summed E-state index contributed by atoms with van der Waals surface area (Å²) in [5.41, 5.74) is 1.12. The van der Waals surface area contributed by atoms with Gasteiger partial charge >= 0.3 is 0 Å². The molecule has 2 aromatic heterocycles. The Hall–Kier alpha value is -3.92. The van der Waals surface area contributed by atoms with Crippen LogP contribution in [0.15, 0.2) is 60.9 Å². The number of aromatic nitrogens is 3. The van der Waals surface area contributed by atoms with Gasteiger partial charge in [0.05, 0.1) is 27.9 Å². The Bertz CT molecular complexity index is 1320. The van der Waals surface area contributed by atoms with Gasteiger partial charge in [-0.15, -0.1) is 0 Å². The third-order valence-electron chi connectivity index (χ3n) is 5.15. The molecule has 0 N–H and O–H groups in total. The highest BCUT2D eigenvalue weighted by atomic mass is 32.1. The second-order valence-corrected chi connectivity index (χ2v) is 8.17. The number of hydrogen-bond donors (Lipinski definition) is 0. The summed E-state index contributed by atoms with van der Waals surface area (Å²) in [7, 11) is 0. The average Bonchev–Trinajstić information content (AvgIpc) is 3.50. The molecule has 160 valence electrons. The van der Waals surface area contributed by atoms with Crippen LogP contribution >= 0.6 is 11.3 Å². The lowest BCUT2D eigenvalue weighted by molar-refractivity contribution is -0.119. The molecule has 10 heteroatoms. The van der Waals surface area contributed by atoms with E-state index in [4.69, 9.17) is 0 Å². The van der Waals surface area contributed by atoms with Crippen molar-refractivity contribution in [2.45, 2.75) is 6.54 Å². The highest BCUT2D eigenvalue weighted by molar-refractivity contribution is 7.22. The zero-order valence-corrected chi connectivity index (χ0v) is 17.5. The molecule has 0 saturated heterocycles. The minimum absolute atomic E-state index is 0.214. The molecule has 2 aromatic carbocycles. The average molecular weight is 449 g/mol. The molecule has 0 spiro atoms. The highest BCUT2D eigenvalue weighted by Gasteiger charge is 2.37. The van der Waals surface area contributed by atoms with Gasteiger partial charge in [0.2, 0.25) is 5.91 Å². The zero-order valence-electron chi connectivity index (χ0n) is 16.6. The van der Waals surface area contributed by atoms with Crippen molar-refractivity contribution in [1.29, 1.82) is 0 Å².